The van der Waals surface area contributed by atoms with Crippen LogP contribution in [0.1, 0.15) is 32.0 Å². The lowest BCUT2D eigenvalue weighted by molar-refractivity contribution is -0.130. The van der Waals surface area contributed by atoms with E-state index in [-0.39, 0.29) is 18.6 Å². The van der Waals surface area contributed by atoms with Crippen molar-refractivity contribution in [3.8, 4) is 0 Å². The molecule has 112 valence electrons. The number of fused-ring (bicyclic) bond motifs is 1. The van der Waals surface area contributed by atoms with Crippen LogP contribution in [0.15, 0.2) is 24.3 Å². The summed E-state index contributed by atoms with van der Waals surface area (Å²) in [7, 11) is 0. The summed E-state index contributed by atoms with van der Waals surface area (Å²) in [6, 6.07) is 8.06. The molecule has 1 aromatic heterocycles. The van der Waals surface area contributed by atoms with Crippen molar-refractivity contribution in [3.05, 3.63) is 30.1 Å². The lowest BCUT2D eigenvalue weighted by atomic mass is 10.2. The van der Waals surface area contributed by atoms with Crippen molar-refractivity contribution in [1.82, 2.24) is 14.5 Å². The van der Waals surface area contributed by atoms with Crippen LogP contribution in [-0.4, -0.2) is 38.1 Å². The highest BCUT2D eigenvalue weighted by Crippen LogP contribution is 2.21. The lowest BCUT2D eigenvalue weighted by Gasteiger charge is -2.28. The van der Waals surface area contributed by atoms with Crippen LogP contribution in [0.25, 0.3) is 11.0 Å². The number of rotatable bonds is 5. The number of para-hydroxylation sites is 2. The fourth-order valence-corrected chi connectivity index (χ4v) is 3.16. The Bertz CT molecular complexity index is 650. The molecule has 1 fully saturated rings. The number of aliphatic hydroxyl groups is 1. The quantitative estimate of drug-likeness (QED) is 0.914. The van der Waals surface area contributed by atoms with Crippen LogP contribution in [0.3, 0.4) is 0 Å². The van der Waals surface area contributed by atoms with Crippen LogP contribution in [0.2, 0.25) is 0 Å². The molecular formula is C16H21N3O2. The van der Waals surface area contributed by atoms with E-state index in [1.807, 2.05) is 29.2 Å². The van der Waals surface area contributed by atoms with Gasteiger partial charge in [-0.25, -0.2) is 4.98 Å². The van der Waals surface area contributed by atoms with Gasteiger partial charge in [-0.05, 0) is 25.0 Å². The number of hydrogen-bond donors (Lipinski definition) is 1. The fraction of sp³-hybridized carbons (Fsp3) is 0.500. The summed E-state index contributed by atoms with van der Waals surface area (Å²) < 4.78 is 2.05. The second-order valence-electron chi connectivity index (χ2n) is 5.54. The van der Waals surface area contributed by atoms with Crippen LogP contribution in [-0.2, 0) is 17.9 Å². The topological polar surface area (TPSA) is 58.4 Å². The number of imidazole rings is 1. The number of carbonyl (C=O) groups excluding carboxylic acids is 1. The summed E-state index contributed by atoms with van der Waals surface area (Å²) in [6.45, 7) is 3.56. The van der Waals surface area contributed by atoms with E-state index < -0.39 is 0 Å². The molecule has 2 aromatic rings. The highest BCUT2D eigenvalue weighted by Gasteiger charge is 2.27. The number of benzene rings is 1. The van der Waals surface area contributed by atoms with E-state index in [1.165, 1.54) is 0 Å². The second-order valence-corrected chi connectivity index (χ2v) is 5.54. The van der Waals surface area contributed by atoms with E-state index in [1.54, 1.807) is 0 Å². The normalized spacial score (nSPS) is 16.9. The number of nitrogens with zero attached hydrogens (tertiary/aromatic N) is 3. The van der Waals surface area contributed by atoms with Gasteiger partial charge in [-0.3, -0.25) is 4.79 Å². The molecule has 1 N–H and O–H groups in total. The van der Waals surface area contributed by atoms with Crippen LogP contribution < -0.4 is 0 Å². The Kier molecular flexibility index (Phi) is 3.92. The van der Waals surface area contributed by atoms with Crippen LogP contribution in [0.4, 0.5) is 0 Å². The van der Waals surface area contributed by atoms with Gasteiger partial charge in [-0.1, -0.05) is 19.1 Å². The molecule has 3 rings (SSSR count). The number of amides is 1. The minimum atomic E-state index is -0.0843. The van der Waals surface area contributed by atoms with Crippen molar-refractivity contribution in [2.24, 2.45) is 0 Å². The third-order valence-electron chi connectivity index (χ3n) is 4.29. The summed E-state index contributed by atoms with van der Waals surface area (Å²) in [5.74, 6) is 0.915. The predicted octanol–water partition coefficient (Wildman–Crippen LogP) is 1.93. The van der Waals surface area contributed by atoms with Crippen molar-refractivity contribution in [2.75, 3.05) is 6.54 Å². The standard InChI is InChI=1S/C16H21N3O2/c1-2-12(18-9-5-8-16(18)21)10-19-14-7-4-3-6-13(14)17-15(19)11-20/h3-4,6-7,12,20H,2,5,8-11H2,1H3. The second kappa shape index (κ2) is 5.85. The molecule has 5 heteroatoms. The van der Waals surface area contributed by atoms with Gasteiger partial charge in [0.05, 0.1) is 11.0 Å². The van der Waals surface area contributed by atoms with Gasteiger partial charge in [0.25, 0.3) is 0 Å². The SMILES string of the molecule is CCC(Cn1c(CO)nc2ccccc21)N1CCCC1=O. The minimum Gasteiger partial charge on any atom is -0.388 e. The van der Waals surface area contributed by atoms with Crippen LogP contribution in [0.5, 0.6) is 0 Å². The summed E-state index contributed by atoms with van der Waals surface area (Å²) >= 11 is 0. The Morgan fingerprint density at radius 2 is 2.19 bits per heavy atom. The Morgan fingerprint density at radius 1 is 1.38 bits per heavy atom. The Hall–Kier alpha value is -1.88. The average molecular weight is 287 g/mol. The monoisotopic (exact) mass is 287 g/mol. The molecule has 0 radical (unpaired) electrons. The van der Waals surface area contributed by atoms with Crippen molar-refractivity contribution < 1.29 is 9.90 Å². The van der Waals surface area contributed by atoms with Gasteiger partial charge in [-0.15, -0.1) is 0 Å². The highest BCUT2D eigenvalue weighted by molar-refractivity contribution is 5.78. The van der Waals surface area contributed by atoms with E-state index >= 15 is 0 Å². The van der Waals surface area contributed by atoms with E-state index in [4.69, 9.17) is 0 Å². The molecule has 0 bridgehead atoms. The number of carbonyl (C=O) groups is 1. The molecule has 2 heterocycles. The maximum absolute atomic E-state index is 12.0. The molecule has 1 amide bonds. The minimum absolute atomic E-state index is 0.0843. The van der Waals surface area contributed by atoms with E-state index in [9.17, 15) is 9.90 Å². The first-order chi connectivity index (χ1) is 10.2. The fourth-order valence-electron chi connectivity index (χ4n) is 3.16. The zero-order valence-corrected chi connectivity index (χ0v) is 12.3. The molecule has 1 aliphatic rings. The third-order valence-corrected chi connectivity index (χ3v) is 4.29. The first kappa shape index (κ1) is 14.1. The van der Waals surface area contributed by atoms with Crippen molar-refractivity contribution in [3.63, 3.8) is 0 Å². The Morgan fingerprint density at radius 3 is 2.86 bits per heavy atom. The Balaban J connectivity index is 1.94. The maximum atomic E-state index is 12.0. The lowest BCUT2D eigenvalue weighted by Crippen LogP contribution is -2.39. The smallest absolute Gasteiger partial charge is 0.222 e. The summed E-state index contributed by atoms with van der Waals surface area (Å²) in [6.07, 6.45) is 2.52. The van der Waals surface area contributed by atoms with E-state index in [2.05, 4.69) is 16.5 Å². The van der Waals surface area contributed by atoms with Gasteiger partial charge < -0.3 is 14.6 Å². The predicted molar refractivity (Wildman–Crippen MR) is 80.7 cm³/mol. The highest BCUT2D eigenvalue weighted by atomic mass is 16.3. The molecule has 1 aromatic carbocycles. The van der Waals surface area contributed by atoms with Gasteiger partial charge in [0.15, 0.2) is 0 Å². The largest absolute Gasteiger partial charge is 0.388 e. The van der Waals surface area contributed by atoms with Crippen LogP contribution in [0, 0.1) is 0 Å². The maximum Gasteiger partial charge on any atom is 0.222 e. The first-order valence-electron chi connectivity index (χ1n) is 7.59. The van der Waals surface area contributed by atoms with E-state index in [0.29, 0.717) is 18.8 Å². The summed E-state index contributed by atoms with van der Waals surface area (Å²) in [5, 5.41) is 9.56. The summed E-state index contributed by atoms with van der Waals surface area (Å²) in [4.78, 5) is 18.4. The molecule has 5 nitrogen and oxygen atoms in total. The third kappa shape index (κ3) is 2.53. The van der Waals surface area contributed by atoms with Crippen molar-refractivity contribution in [2.45, 2.75) is 45.4 Å². The van der Waals surface area contributed by atoms with Crippen molar-refractivity contribution in [1.29, 1.82) is 0 Å². The molecule has 0 saturated carbocycles. The van der Waals surface area contributed by atoms with Crippen molar-refractivity contribution >= 4 is 16.9 Å². The van der Waals surface area contributed by atoms with Gasteiger partial charge in [-0.2, -0.15) is 0 Å². The molecule has 1 unspecified atom stereocenters. The zero-order chi connectivity index (χ0) is 14.8. The number of likely N-dealkylation sites (tertiary alicyclic amines) is 1. The van der Waals surface area contributed by atoms with Crippen LogP contribution >= 0.6 is 0 Å². The number of hydrogen-bond acceptors (Lipinski definition) is 3. The van der Waals surface area contributed by atoms with Gasteiger partial charge in [0.1, 0.15) is 12.4 Å². The molecule has 21 heavy (non-hydrogen) atoms. The first-order valence-corrected chi connectivity index (χ1v) is 7.59. The molecule has 1 saturated heterocycles. The zero-order valence-electron chi connectivity index (χ0n) is 12.3. The number of aromatic nitrogens is 2. The van der Waals surface area contributed by atoms with Gasteiger partial charge in [0.2, 0.25) is 5.91 Å². The molecule has 1 aliphatic heterocycles. The van der Waals surface area contributed by atoms with Gasteiger partial charge >= 0.3 is 0 Å². The average Bonchev–Trinajstić information content (AvgIpc) is 3.08. The molecule has 0 spiro atoms. The van der Waals surface area contributed by atoms with E-state index in [0.717, 1.165) is 30.4 Å². The summed E-state index contributed by atoms with van der Waals surface area (Å²) in [5.41, 5.74) is 1.91. The molecule has 1 atom stereocenters. The Labute approximate surface area is 124 Å². The van der Waals surface area contributed by atoms with Gasteiger partial charge in [0, 0.05) is 25.6 Å². The molecule has 0 aliphatic carbocycles. The number of aliphatic hydroxyl groups excluding tert-OH is 1. The molecular weight excluding hydrogens is 266 g/mol.